The molecule has 5 nitrogen and oxygen atoms in total. The lowest BCUT2D eigenvalue weighted by atomic mass is 10.1. The highest BCUT2D eigenvalue weighted by molar-refractivity contribution is 5.78. The van der Waals surface area contributed by atoms with Gasteiger partial charge in [-0.25, -0.2) is 4.39 Å². The van der Waals surface area contributed by atoms with E-state index in [0.717, 1.165) is 11.5 Å². The average Bonchev–Trinajstić information content (AvgIpc) is 3.30. The summed E-state index contributed by atoms with van der Waals surface area (Å²) in [5.41, 5.74) is 0.593. The minimum Gasteiger partial charge on any atom is -0.468 e. The number of carbonyl (C=O) groups excluding carboxylic acids is 1. The molecule has 0 unspecified atom stereocenters. The van der Waals surface area contributed by atoms with Crippen LogP contribution in [0.5, 0.6) is 0 Å². The third kappa shape index (κ3) is 5.32. The van der Waals surface area contributed by atoms with Crippen LogP contribution in [0, 0.1) is 5.82 Å². The van der Waals surface area contributed by atoms with Crippen LogP contribution in [0.25, 0.3) is 0 Å². The van der Waals surface area contributed by atoms with Gasteiger partial charge in [-0.05, 0) is 42.3 Å². The van der Waals surface area contributed by atoms with Crippen LogP contribution in [0.4, 0.5) is 4.39 Å². The summed E-state index contributed by atoms with van der Waals surface area (Å²) in [4.78, 5) is 14.2. The largest absolute Gasteiger partial charge is 0.468 e. The van der Waals surface area contributed by atoms with E-state index in [4.69, 9.17) is 8.83 Å². The zero-order chi connectivity index (χ0) is 18.2. The van der Waals surface area contributed by atoms with E-state index < -0.39 is 0 Å². The topological polar surface area (TPSA) is 58.6 Å². The van der Waals surface area contributed by atoms with E-state index in [1.807, 2.05) is 29.2 Å². The van der Waals surface area contributed by atoms with Gasteiger partial charge in [0.1, 0.15) is 17.3 Å². The lowest BCUT2D eigenvalue weighted by Crippen LogP contribution is -2.37. The Bertz CT molecular complexity index is 764. The van der Waals surface area contributed by atoms with Crippen molar-refractivity contribution in [2.24, 2.45) is 0 Å². The number of nitrogens with zero attached hydrogens (tertiary/aromatic N) is 1. The van der Waals surface area contributed by atoms with E-state index in [2.05, 4.69) is 5.32 Å². The van der Waals surface area contributed by atoms with Crippen LogP contribution >= 0.6 is 0 Å². The molecule has 6 heteroatoms. The number of halogens is 1. The molecule has 2 aromatic heterocycles. The fraction of sp³-hybridized carbons (Fsp3) is 0.250. The quantitative estimate of drug-likeness (QED) is 0.639. The van der Waals surface area contributed by atoms with Crippen molar-refractivity contribution in [2.45, 2.75) is 19.5 Å². The summed E-state index contributed by atoms with van der Waals surface area (Å²) in [5, 5.41) is 2.84. The number of nitrogens with one attached hydrogen (secondary N) is 1. The van der Waals surface area contributed by atoms with Crippen LogP contribution < -0.4 is 5.32 Å². The fourth-order valence-electron chi connectivity index (χ4n) is 2.71. The van der Waals surface area contributed by atoms with Gasteiger partial charge >= 0.3 is 0 Å². The van der Waals surface area contributed by atoms with Gasteiger partial charge in [0.15, 0.2) is 0 Å². The first-order chi connectivity index (χ1) is 12.7. The zero-order valence-corrected chi connectivity index (χ0v) is 14.4. The molecular weight excluding hydrogens is 335 g/mol. The van der Waals surface area contributed by atoms with Gasteiger partial charge in [0.2, 0.25) is 5.91 Å². The van der Waals surface area contributed by atoms with Crippen molar-refractivity contribution in [3.05, 3.63) is 84.0 Å². The van der Waals surface area contributed by atoms with Gasteiger partial charge in [0.25, 0.3) is 0 Å². The summed E-state index contributed by atoms with van der Waals surface area (Å²) < 4.78 is 24.3. The van der Waals surface area contributed by atoms with Crippen LogP contribution in [0.1, 0.15) is 17.1 Å². The first-order valence-corrected chi connectivity index (χ1v) is 8.48. The van der Waals surface area contributed by atoms with E-state index in [9.17, 15) is 9.18 Å². The molecule has 1 N–H and O–H groups in total. The molecule has 0 saturated carbocycles. The predicted molar refractivity (Wildman–Crippen MR) is 94.6 cm³/mol. The Hall–Kier alpha value is -2.86. The molecule has 0 bridgehead atoms. The number of hydrogen-bond donors (Lipinski definition) is 1. The minimum absolute atomic E-state index is 0.126. The summed E-state index contributed by atoms with van der Waals surface area (Å²) >= 11 is 0. The van der Waals surface area contributed by atoms with Gasteiger partial charge in [-0.1, -0.05) is 18.2 Å². The van der Waals surface area contributed by atoms with Crippen LogP contribution in [0.2, 0.25) is 0 Å². The standard InChI is InChI=1S/C20H21FN2O3/c21-19-8-2-1-5-16(19)9-10-22-20(24)15-23(13-17-6-3-11-25-17)14-18-7-4-12-26-18/h1-8,11-12H,9-10,13-15H2,(H,22,24). The molecule has 0 aliphatic heterocycles. The van der Waals surface area contributed by atoms with Gasteiger partial charge in [-0.15, -0.1) is 0 Å². The third-order valence-corrected chi connectivity index (χ3v) is 3.96. The van der Waals surface area contributed by atoms with Crippen molar-refractivity contribution in [1.82, 2.24) is 10.2 Å². The summed E-state index contributed by atoms with van der Waals surface area (Å²) in [7, 11) is 0. The molecular formula is C20H21FN2O3. The molecule has 0 fully saturated rings. The molecule has 3 aromatic rings. The van der Waals surface area contributed by atoms with Crippen molar-refractivity contribution >= 4 is 5.91 Å². The number of furan rings is 2. The second-order valence-corrected chi connectivity index (χ2v) is 6.00. The average molecular weight is 356 g/mol. The maximum Gasteiger partial charge on any atom is 0.234 e. The lowest BCUT2D eigenvalue weighted by molar-refractivity contribution is -0.122. The van der Waals surface area contributed by atoms with E-state index >= 15 is 0 Å². The zero-order valence-electron chi connectivity index (χ0n) is 14.4. The number of rotatable bonds is 9. The Balaban J connectivity index is 1.51. The highest BCUT2D eigenvalue weighted by atomic mass is 19.1. The Kier molecular flexibility index (Phi) is 6.22. The SMILES string of the molecule is O=C(CN(Cc1ccco1)Cc1ccco1)NCCc1ccccc1F. The van der Waals surface area contributed by atoms with Crippen molar-refractivity contribution in [1.29, 1.82) is 0 Å². The smallest absolute Gasteiger partial charge is 0.234 e. The summed E-state index contributed by atoms with van der Waals surface area (Å²) in [6.07, 6.45) is 3.67. The molecule has 26 heavy (non-hydrogen) atoms. The minimum atomic E-state index is -0.251. The maximum atomic E-state index is 13.6. The second kappa shape index (κ2) is 9.01. The van der Waals surface area contributed by atoms with Crippen LogP contribution in [-0.4, -0.2) is 23.9 Å². The number of benzene rings is 1. The summed E-state index contributed by atoms with van der Waals surface area (Å²) in [5.74, 6) is 1.17. The molecule has 0 saturated heterocycles. The monoisotopic (exact) mass is 356 g/mol. The van der Waals surface area contributed by atoms with Crippen molar-refractivity contribution in [3.8, 4) is 0 Å². The van der Waals surface area contributed by atoms with Crippen molar-refractivity contribution < 1.29 is 18.0 Å². The van der Waals surface area contributed by atoms with Gasteiger partial charge in [-0.2, -0.15) is 0 Å². The number of hydrogen-bond acceptors (Lipinski definition) is 4. The molecule has 3 rings (SSSR count). The highest BCUT2D eigenvalue weighted by Gasteiger charge is 2.14. The van der Waals surface area contributed by atoms with Gasteiger partial charge < -0.3 is 14.2 Å². The van der Waals surface area contributed by atoms with E-state index in [1.54, 1.807) is 30.7 Å². The van der Waals surface area contributed by atoms with E-state index in [-0.39, 0.29) is 18.3 Å². The lowest BCUT2D eigenvalue weighted by Gasteiger charge is -2.19. The van der Waals surface area contributed by atoms with Crippen LogP contribution in [0.15, 0.2) is 69.9 Å². The van der Waals surface area contributed by atoms with E-state index in [1.165, 1.54) is 6.07 Å². The van der Waals surface area contributed by atoms with Crippen LogP contribution in [-0.2, 0) is 24.3 Å². The van der Waals surface area contributed by atoms with Crippen LogP contribution in [0.3, 0.4) is 0 Å². The first kappa shape index (κ1) is 17.9. The van der Waals surface area contributed by atoms with Gasteiger partial charge in [0.05, 0.1) is 32.2 Å². The Morgan fingerprint density at radius 2 is 1.62 bits per heavy atom. The number of amides is 1. The summed E-state index contributed by atoms with van der Waals surface area (Å²) in [6.45, 7) is 1.57. The Morgan fingerprint density at radius 3 is 2.19 bits per heavy atom. The van der Waals surface area contributed by atoms with Gasteiger partial charge in [-0.3, -0.25) is 9.69 Å². The molecule has 1 aromatic carbocycles. The molecule has 0 radical (unpaired) electrons. The highest BCUT2D eigenvalue weighted by Crippen LogP contribution is 2.11. The molecule has 0 spiro atoms. The Morgan fingerprint density at radius 1 is 0.962 bits per heavy atom. The first-order valence-electron chi connectivity index (χ1n) is 8.48. The van der Waals surface area contributed by atoms with Gasteiger partial charge in [0, 0.05) is 6.54 Å². The van der Waals surface area contributed by atoms with Crippen molar-refractivity contribution in [2.75, 3.05) is 13.1 Å². The predicted octanol–water partition coefficient (Wildman–Crippen LogP) is 3.37. The van der Waals surface area contributed by atoms with E-state index in [0.29, 0.717) is 31.6 Å². The molecule has 136 valence electrons. The molecule has 0 atom stereocenters. The maximum absolute atomic E-state index is 13.6. The fourth-order valence-corrected chi connectivity index (χ4v) is 2.71. The third-order valence-electron chi connectivity index (χ3n) is 3.96. The molecule has 2 heterocycles. The van der Waals surface area contributed by atoms with Crippen molar-refractivity contribution in [3.63, 3.8) is 0 Å². The molecule has 0 aliphatic rings. The second-order valence-electron chi connectivity index (χ2n) is 6.00. The molecule has 1 amide bonds. The molecule has 0 aliphatic carbocycles. The summed E-state index contributed by atoms with van der Waals surface area (Å²) in [6, 6.07) is 13.9. The normalized spacial score (nSPS) is 11.0. The Labute approximate surface area is 151 Å². The number of carbonyl (C=O) groups is 1.